The van der Waals surface area contributed by atoms with Crippen LogP contribution in [0.2, 0.25) is 0 Å². The van der Waals surface area contributed by atoms with E-state index in [1.54, 1.807) is 0 Å². The Balaban J connectivity index is 1.47. The van der Waals surface area contributed by atoms with Crippen LogP contribution < -0.4 is 10.1 Å². The van der Waals surface area contributed by atoms with Gasteiger partial charge in [0.15, 0.2) is 18.2 Å². The van der Waals surface area contributed by atoms with Crippen molar-refractivity contribution in [1.82, 2.24) is 4.90 Å². The molecule has 0 unspecified atom stereocenters. The molecule has 0 spiro atoms. The van der Waals surface area contributed by atoms with Gasteiger partial charge in [0, 0.05) is 31.4 Å². The van der Waals surface area contributed by atoms with Gasteiger partial charge in [-0.05, 0) is 29.8 Å². The minimum absolute atomic E-state index is 0.164. The Kier molecular flexibility index (Phi) is 6.14. The van der Waals surface area contributed by atoms with Gasteiger partial charge in [0.1, 0.15) is 5.82 Å². The van der Waals surface area contributed by atoms with Crippen LogP contribution in [0.5, 0.6) is 5.75 Å². The highest BCUT2D eigenvalue weighted by Crippen LogP contribution is 2.18. The molecule has 0 aliphatic carbocycles. The number of benzene rings is 2. The van der Waals surface area contributed by atoms with Crippen LogP contribution in [0, 0.1) is 11.6 Å². The molecule has 0 bridgehead atoms. The van der Waals surface area contributed by atoms with Crippen molar-refractivity contribution in [3.05, 3.63) is 59.7 Å². The molecule has 1 heterocycles. The number of carbonyl (C=O) groups excluding carboxylic acids is 1. The number of nitrogens with zero attached hydrogens (tertiary/aromatic N) is 1. The number of anilines is 1. The first-order valence-corrected chi connectivity index (χ1v) is 8.37. The number of morpholine rings is 1. The lowest BCUT2D eigenvalue weighted by molar-refractivity contribution is -0.118. The first-order valence-electron chi connectivity index (χ1n) is 8.37. The molecule has 7 heteroatoms. The first-order chi connectivity index (χ1) is 12.6. The van der Waals surface area contributed by atoms with Gasteiger partial charge in [-0.1, -0.05) is 12.1 Å². The Morgan fingerprint density at radius 2 is 1.85 bits per heavy atom. The van der Waals surface area contributed by atoms with Gasteiger partial charge in [-0.15, -0.1) is 0 Å². The molecule has 5 nitrogen and oxygen atoms in total. The molecule has 1 aliphatic rings. The second kappa shape index (κ2) is 8.73. The molecule has 0 radical (unpaired) electrons. The van der Waals surface area contributed by atoms with Gasteiger partial charge in [-0.25, -0.2) is 8.78 Å². The Labute approximate surface area is 150 Å². The monoisotopic (exact) mass is 362 g/mol. The lowest BCUT2D eigenvalue weighted by atomic mass is 10.2. The van der Waals surface area contributed by atoms with Crippen molar-refractivity contribution in [2.75, 3.05) is 38.2 Å². The summed E-state index contributed by atoms with van der Waals surface area (Å²) in [4.78, 5) is 14.2. The van der Waals surface area contributed by atoms with Crippen LogP contribution in [0.15, 0.2) is 42.5 Å². The van der Waals surface area contributed by atoms with E-state index >= 15 is 0 Å². The molecule has 0 atom stereocenters. The van der Waals surface area contributed by atoms with Gasteiger partial charge in [0.05, 0.1) is 13.2 Å². The van der Waals surface area contributed by atoms with Gasteiger partial charge in [0.2, 0.25) is 0 Å². The van der Waals surface area contributed by atoms with Crippen molar-refractivity contribution in [1.29, 1.82) is 0 Å². The molecular weight excluding hydrogens is 342 g/mol. The van der Waals surface area contributed by atoms with E-state index in [0.717, 1.165) is 50.5 Å². The number of hydrogen-bond acceptors (Lipinski definition) is 4. The van der Waals surface area contributed by atoms with Crippen LogP contribution >= 0.6 is 0 Å². The maximum Gasteiger partial charge on any atom is 0.262 e. The van der Waals surface area contributed by atoms with E-state index in [1.165, 1.54) is 0 Å². The normalized spacial score (nSPS) is 14.8. The molecule has 3 rings (SSSR count). The summed E-state index contributed by atoms with van der Waals surface area (Å²) in [6.45, 7) is 3.81. The van der Waals surface area contributed by atoms with E-state index in [-0.39, 0.29) is 12.4 Å². The van der Waals surface area contributed by atoms with E-state index in [9.17, 15) is 13.6 Å². The third kappa shape index (κ3) is 5.24. The fraction of sp³-hybridized carbons (Fsp3) is 0.316. The number of halogens is 2. The number of carbonyl (C=O) groups is 1. The van der Waals surface area contributed by atoms with Crippen LogP contribution in [-0.4, -0.2) is 43.7 Å². The maximum atomic E-state index is 13.5. The molecule has 1 fully saturated rings. The van der Waals surface area contributed by atoms with E-state index in [2.05, 4.69) is 10.2 Å². The third-order valence-corrected chi connectivity index (χ3v) is 4.00. The molecule has 1 saturated heterocycles. The summed E-state index contributed by atoms with van der Waals surface area (Å²) in [5.74, 6) is -2.13. The second-order valence-electron chi connectivity index (χ2n) is 6.00. The standard InChI is InChI=1S/C19H20F2N2O3/c20-15-3-6-18(17(21)11-15)26-13-19(24)22-16-4-1-14(2-5-16)12-23-7-9-25-10-8-23/h1-6,11H,7-10,12-13H2,(H,22,24). The highest BCUT2D eigenvalue weighted by Gasteiger charge is 2.11. The van der Waals surface area contributed by atoms with E-state index < -0.39 is 17.5 Å². The summed E-state index contributed by atoms with van der Waals surface area (Å²) < 4.78 is 36.7. The minimum atomic E-state index is -0.842. The molecule has 0 aromatic heterocycles. The molecule has 1 aliphatic heterocycles. The molecule has 1 N–H and O–H groups in total. The molecule has 138 valence electrons. The fourth-order valence-electron chi connectivity index (χ4n) is 2.64. The van der Waals surface area contributed by atoms with Crippen molar-refractivity contribution in [2.24, 2.45) is 0 Å². The summed E-state index contributed by atoms with van der Waals surface area (Å²) in [5.41, 5.74) is 1.78. The Morgan fingerprint density at radius 1 is 1.12 bits per heavy atom. The Bertz CT molecular complexity index is 747. The van der Waals surface area contributed by atoms with Crippen molar-refractivity contribution < 1.29 is 23.0 Å². The SMILES string of the molecule is O=C(COc1ccc(F)cc1F)Nc1ccc(CN2CCOCC2)cc1. The smallest absolute Gasteiger partial charge is 0.262 e. The van der Waals surface area contributed by atoms with Crippen LogP contribution in [0.1, 0.15) is 5.56 Å². The summed E-state index contributed by atoms with van der Waals surface area (Å²) in [7, 11) is 0. The van der Waals surface area contributed by atoms with Crippen LogP contribution in [0.3, 0.4) is 0 Å². The van der Waals surface area contributed by atoms with Crippen molar-refractivity contribution in [2.45, 2.75) is 6.54 Å². The minimum Gasteiger partial charge on any atom is -0.481 e. The van der Waals surface area contributed by atoms with Crippen molar-refractivity contribution in [3.8, 4) is 5.75 Å². The predicted molar refractivity (Wildman–Crippen MR) is 93.0 cm³/mol. The topological polar surface area (TPSA) is 50.8 Å². The molecule has 0 saturated carbocycles. The summed E-state index contributed by atoms with van der Waals surface area (Å²) in [5, 5.41) is 2.68. The van der Waals surface area contributed by atoms with Gasteiger partial charge in [-0.2, -0.15) is 0 Å². The zero-order chi connectivity index (χ0) is 18.4. The molecular formula is C19H20F2N2O3. The fourth-order valence-corrected chi connectivity index (χ4v) is 2.64. The van der Waals surface area contributed by atoms with Crippen LogP contribution in [0.4, 0.5) is 14.5 Å². The predicted octanol–water partition coefficient (Wildman–Crippen LogP) is 2.81. The quantitative estimate of drug-likeness (QED) is 0.859. The molecule has 1 amide bonds. The van der Waals surface area contributed by atoms with Crippen LogP contribution in [0.25, 0.3) is 0 Å². The number of hydrogen-bond donors (Lipinski definition) is 1. The molecule has 2 aromatic carbocycles. The zero-order valence-corrected chi connectivity index (χ0v) is 14.2. The lowest BCUT2D eigenvalue weighted by Gasteiger charge is -2.26. The Morgan fingerprint density at radius 3 is 2.54 bits per heavy atom. The summed E-state index contributed by atoms with van der Waals surface area (Å²) >= 11 is 0. The third-order valence-electron chi connectivity index (χ3n) is 4.00. The largest absolute Gasteiger partial charge is 0.481 e. The summed E-state index contributed by atoms with van der Waals surface area (Å²) in [6.07, 6.45) is 0. The highest BCUT2D eigenvalue weighted by molar-refractivity contribution is 5.91. The van der Waals surface area contributed by atoms with Gasteiger partial charge in [0.25, 0.3) is 5.91 Å². The second-order valence-corrected chi connectivity index (χ2v) is 6.00. The number of amides is 1. The number of nitrogens with one attached hydrogen (secondary N) is 1. The van der Waals surface area contributed by atoms with Crippen LogP contribution in [-0.2, 0) is 16.1 Å². The highest BCUT2D eigenvalue weighted by atomic mass is 19.1. The van der Waals surface area contributed by atoms with Crippen molar-refractivity contribution >= 4 is 11.6 Å². The van der Waals surface area contributed by atoms with Gasteiger partial charge >= 0.3 is 0 Å². The number of ether oxygens (including phenoxy) is 2. The summed E-state index contributed by atoms with van der Waals surface area (Å²) in [6, 6.07) is 10.5. The first kappa shape index (κ1) is 18.3. The lowest BCUT2D eigenvalue weighted by Crippen LogP contribution is -2.35. The zero-order valence-electron chi connectivity index (χ0n) is 14.2. The average Bonchev–Trinajstić information content (AvgIpc) is 2.63. The average molecular weight is 362 g/mol. The van der Waals surface area contributed by atoms with E-state index in [1.807, 2.05) is 24.3 Å². The Hall–Kier alpha value is -2.51. The maximum absolute atomic E-state index is 13.5. The van der Waals surface area contributed by atoms with E-state index in [0.29, 0.717) is 11.8 Å². The molecule has 26 heavy (non-hydrogen) atoms. The molecule has 2 aromatic rings. The number of rotatable bonds is 6. The van der Waals surface area contributed by atoms with E-state index in [4.69, 9.17) is 9.47 Å². The van der Waals surface area contributed by atoms with Crippen molar-refractivity contribution in [3.63, 3.8) is 0 Å². The van der Waals surface area contributed by atoms with Gasteiger partial charge in [-0.3, -0.25) is 9.69 Å². The van der Waals surface area contributed by atoms with Gasteiger partial charge < -0.3 is 14.8 Å².